The van der Waals surface area contributed by atoms with Gasteiger partial charge in [0.2, 0.25) is 0 Å². The largest absolute Gasteiger partial charge is 0.490 e. The van der Waals surface area contributed by atoms with E-state index in [0.717, 1.165) is 49.4 Å². The fraction of sp³-hybridized carbons (Fsp3) is 0.300. The van der Waals surface area contributed by atoms with Crippen LogP contribution in [0, 0.1) is 0 Å². The Balaban J connectivity index is 0.00000182. The molecule has 1 aliphatic heterocycles. The number of hydrogen-bond acceptors (Lipinski definition) is 4. The first-order valence-corrected chi connectivity index (χ1v) is 8.56. The maximum absolute atomic E-state index is 5.93. The third-order valence-corrected chi connectivity index (χ3v) is 4.40. The van der Waals surface area contributed by atoms with Gasteiger partial charge in [-0.2, -0.15) is 0 Å². The molecule has 4 nitrogen and oxygen atoms in total. The van der Waals surface area contributed by atoms with Gasteiger partial charge in [0.25, 0.3) is 0 Å². The second-order valence-electron chi connectivity index (χ2n) is 6.19. The number of hydrogen-bond donors (Lipinski definition) is 2. The van der Waals surface area contributed by atoms with Crippen LogP contribution in [0.1, 0.15) is 17.7 Å². The van der Waals surface area contributed by atoms with Gasteiger partial charge in [-0.05, 0) is 30.2 Å². The lowest BCUT2D eigenvalue weighted by Gasteiger charge is -2.11. The summed E-state index contributed by atoms with van der Waals surface area (Å²) in [5.74, 6) is 2.06. The predicted octanol–water partition coefficient (Wildman–Crippen LogP) is 3.89. The summed E-state index contributed by atoms with van der Waals surface area (Å²) in [5, 5.41) is 1.17. The Morgan fingerprint density at radius 2 is 1.76 bits per heavy atom. The molecular weight excluding hydrogens is 336 g/mol. The van der Waals surface area contributed by atoms with Crippen molar-refractivity contribution in [2.24, 2.45) is 0 Å². The number of para-hydroxylation sites is 2. The Morgan fingerprint density at radius 1 is 0.960 bits per heavy atom. The zero-order valence-electron chi connectivity index (χ0n) is 14.0. The number of fused-ring (bicyclic) bond motifs is 2. The molecule has 0 aliphatic carbocycles. The first kappa shape index (κ1) is 17.8. The number of ether oxygens (including phenoxy) is 1. The van der Waals surface area contributed by atoms with Gasteiger partial charge in [0, 0.05) is 31.3 Å². The molecular formula is C20H23ClN2O2. The molecule has 1 aromatic heterocycles. The quantitative estimate of drug-likeness (QED) is 0.497. The van der Waals surface area contributed by atoms with Gasteiger partial charge in [-0.1, -0.05) is 36.4 Å². The minimum Gasteiger partial charge on any atom is -0.490 e. The Bertz CT molecular complexity index is 760. The van der Waals surface area contributed by atoms with E-state index in [4.69, 9.17) is 9.15 Å². The Labute approximate surface area is 153 Å². The SMILES string of the molecule is Cl.c1ccc2c(c1)CC(CCNNCCc1cc3ccccc3o1)O2. The topological polar surface area (TPSA) is 46.4 Å². The average Bonchev–Trinajstić information content (AvgIpc) is 3.20. The third kappa shape index (κ3) is 4.34. The van der Waals surface area contributed by atoms with Crippen LogP contribution in [0.2, 0.25) is 0 Å². The summed E-state index contributed by atoms with van der Waals surface area (Å²) in [4.78, 5) is 0. The molecule has 1 aliphatic rings. The Morgan fingerprint density at radius 3 is 2.64 bits per heavy atom. The summed E-state index contributed by atoms with van der Waals surface area (Å²) in [5.41, 5.74) is 8.81. The highest BCUT2D eigenvalue weighted by atomic mass is 35.5. The maximum atomic E-state index is 5.93. The van der Waals surface area contributed by atoms with E-state index in [9.17, 15) is 0 Å². The standard InChI is InChI=1S/C20H22N2O2.ClH/c1-3-7-19-15(5-1)13-17(23-19)9-11-21-22-12-10-18-14-16-6-2-4-8-20(16)24-18;/h1-8,13,18,21-22H,9-12,14H2;1H. The fourth-order valence-corrected chi connectivity index (χ4v) is 3.17. The number of rotatable bonds is 7. The molecule has 1 atom stereocenters. The van der Waals surface area contributed by atoms with Crippen LogP contribution in [-0.4, -0.2) is 19.2 Å². The van der Waals surface area contributed by atoms with Gasteiger partial charge >= 0.3 is 0 Å². The van der Waals surface area contributed by atoms with Gasteiger partial charge in [-0.3, -0.25) is 10.9 Å². The lowest BCUT2D eigenvalue weighted by Crippen LogP contribution is -2.36. The van der Waals surface area contributed by atoms with E-state index < -0.39 is 0 Å². The summed E-state index contributed by atoms with van der Waals surface area (Å²) in [6.45, 7) is 1.73. The summed E-state index contributed by atoms with van der Waals surface area (Å²) in [6, 6.07) is 18.5. The molecule has 3 aromatic rings. The van der Waals surface area contributed by atoms with Crippen molar-refractivity contribution in [3.8, 4) is 5.75 Å². The lowest BCUT2D eigenvalue weighted by atomic mass is 10.1. The molecule has 5 heteroatoms. The monoisotopic (exact) mass is 358 g/mol. The molecule has 132 valence electrons. The van der Waals surface area contributed by atoms with Gasteiger partial charge in [0.05, 0.1) is 0 Å². The minimum atomic E-state index is 0. The Kier molecular flexibility index (Phi) is 5.97. The highest BCUT2D eigenvalue weighted by Gasteiger charge is 2.21. The van der Waals surface area contributed by atoms with Crippen molar-refractivity contribution >= 4 is 23.4 Å². The van der Waals surface area contributed by atoms with Crippen LogP contribution in [-0.2, 0) is 12.8 Å². The van der Waals surface area contributed by atoms with E-state index in [1.807, 2.05) is 30.3 Å². The first-order chi connectivity index (χ1) is 11.9. The number of benzene rings is 2. The third-order valence-electron chi connectivity index (χ3n) is 4.40. The highest BCUT2D eigenvalue weighted by molar-refractivity contribution is 5.85. The van der Waals surface area contributed by atoms with Crippen LogP contribution in [0.15, 0.2) is 59.0 Å². The van der Waals surface area contributed by atoms with E-state index in [0.29, 0.717) is 0 Å². The van der Waals surface area contributed by atoms with Crippen LogP contribution in [0.25, 0.3) is 11.0 Å². The van der Waals surface area contributed by atoms with Crippen LogP contribution in [0.4, 0.5) is 0 Å². The molecule has 0 amide bonds. The van der Waals surface area contributed by atoms with Gasteiger partial charge < -0.3 is 9.15 Å². The molecule has 0 fully saturated rings. The molecule has 2 aromatic carbocycles. The summed E-state index contributed by atoms with van der Waals surface area (Å²) < 4.78 is 11.7. The normalized spacial score (nSPS) is 15.6. The van der Waals surface area contributed by atoms with E-state index in [1.54, 1.807) is 0 Å². The molecule has 0 bridgehead atoms. The van der Waals surface area contributed by atoms with Crippen molar-refractivity contribution in [1.29, 1.82) is 0 Å². The predicted molar refractivity (Wildman–Crippen MR) is 102 cm³/mol. The molecule has 2 heterocycles. The second kappa shape index (κ2) is 8.39. The summed E-state index contributed by atoms with van der Waals surface area (Å²) in [7, 11) is 0. The minimum absolute atomic E-state index is 0. The van der Waals surface area contributed by atoms with E-state index >= 15 is 0 Å². The molecule has 0 saturated carbocycles. The lowest BCUT2D eigenvalue weighted by molar-refractivity contribution is 0.217. The van der Waals surface area contributed by atoms with Gasteiger partial charge in [-0.15, -0.1) is 12.4 Å². The van der Waals surface area contributed by atoms with Gasteiger partial charge in [0.15, 0.2) is 0 Å². The number of hydrazine groups is 1. The van der Waals surface area contributed by atoms with Crippen molar-refractivity contribution < 1.29 is 9.15 Å². The smallest absolute Gasteiger partial charge is 0.134 e. The van der Waals surface area contributed by atoms with Crippen LogP contribution in [0.5, 0.6) is 5.75 Å². The number of furan rings is 1. The molecule has 4 rings (SSSR count). The van der Waals surface area contributed by atoms with Crippen molar-refractivity contribution in [1.82, 2.24) is 10.9 Å². The van der Waals surface area contributed by atoms with Crippen molar-refractivity contribution in [2.75, 3.05) is 13.1 Å². The molecule has 25 heavy (non-hydrogen) atoms. The molecule has 0 radical (unpaired) electrons. The van der Waals surface area contributed by atoms with Crippen LogP contribution >= 0.6 is 12.4 Å². The fourth-order valence-electron chi connectivity index (χ4n) is 3.17. The zero-order chi connectivity index (χ0) is 16.2. The van der Waals surface area contributed by atoms with Crippen molar-refractivity contribution in [2.45, 2.75) is 25.4 Å². The van der Waals surface area contributed by atoms with Gasteiger partial charge in [0.1, 0.15) is 23.2 Å². The first-order valence-electron chi connectivity index (χ1n) is 8.56. The van der Waals surface area contributed by atoms with Crippen molar-refractivity contribution in [3.63, 3.8) is 0 Å². The maximum Gasteiger partial charge on any atom is 0.134 e. The van der Waals surface area contributed by atoms with E-state index in [-0.39, 0.29) is 18.5 Å². The number of nitrogens with one attached hydrogen (secondary N) is 2. The van der Waals surface area contributed by atoms with Crippen molar-refractivity contribution in [3.05, 3.63) is 65.9 Å². The summed E-state index contributed by atoms with van der Waals surface area (Å²) in [6.07, 6.45) is 3.16. The summed E-state index contributed by atoms with van der Waals surface area (Å²) >= 11 is 0. The zero-order valence-corrected chi connectivity index (χ0v) is 14.9. The average molecular weight is 359 g/mol. The Hall–Kier alpha value is -2.01. The van der Waals surface area contributed by atoms with Gasteiger partial charge in [-0.25, -0.2) is 0 Å². The van der Waals surface area contributed by atoms with Crippen LogP contribution in [0.3, 0.4) is 0 Å². The molecule has 0 saturated heterocycles. The van der Waals surface area contributed by atoms with E-state index in [1.165, 1.54) is 10.9 Å². The second-order valence-corrected chi connectivity index (χ2v) is 6.19. The van der Waals surface area contributed by atoms with E-state index in [2.05, 4.69) is 35.1 Å². The highest BCUT2D eigenvalue weighted by Crippen LogP contribution is 2.29. The molecule has 2 N–H and O–H groups in total. The molecule has 1 unspecified atom stereocenters. The molecule has 0 spiro atoms. The van der Waals surface area contributed by atoms with Crippen LogP contribution < -0.4 is 15.6 Å². The number of halogens is 1.